The molecule has 28 heavy (non-hydrogen) atoms. The number of aliphatic hydroxyl groups is 1. The fourth-order valence-corrected chi connectivity index (χ4v) is 4.06. The predicted molar refractivity (Wildman–Crippen MR) is 115 cm³/mol. The zero-order valence-corrected chi connectivity index (χ0v) is 18.0. The predicted octanol–water partition coefficient (Wildman–Crippen LogP) is 3.14. The zero-order valence-electron chi connectivity index (χ0n) is 18.0. The Morgan fingerprint density at radius 2 is 1.79 bits per heavy atom. The minimum absolute atomic E-state index is 0.653. The summed E-state index contributed by atoms with van der Waals surface area (Å²) in [7, 11) is 0. The van der Waals surface area contributed by atoms with Crippen LogP contribution in [0.2, 0.25) is 0 Å². The second kappa shape index (κ2) is 8.58. The van der Waals surface area contributed by atoms with Crippen LogP contribution in [0.3, 0.4) is 0 Å². The Bertz CT molecular complexity index is 805. The van der Waals surface area contributed by atoms with Gasteiger partial charge in [-0.3, -0.25) is 4.90 Å². The topological polar surface area (TPSA) is 52.5 Å². The van der Waals surface area contributed by atoms with E-state index in [1.165, 1.54) is 16.7 Å². The van der Waals surface area contributed by atoms with Gasteiger partial charge >= 0.3 is 0 Å². The molecule has 0 radical (unpaired) electrons. The summed E-state index contributed by atoms with van der Waals surface area (Å²) >= 11 is 0. The van der Waals surface area contributed by atoms with E-state index < -0.39 is 5.60 Å². The van der Waals surface area contributed by atoms with Gasteiger partial charge < -0.3 is 10.0 Å². The number of anilines is 1. The maximum atomic E-state index is 10.1. The highest BCUT2D eigenvalue weighted by molar-refractivity contribution is 5.52. The van der Waals surface area contributed by atoms with Gasteiger partial charge in [0.25, 0.3) is 0 Å². The molecule has 1 fully saturated rings. The highest BCUT2D eigenvalue weighted by Crippen LogP contribution is 2.26. The van der Waals surface area contributed by atoms with E-state index in [9.17, 15) is 5.11 Å². The Morgan fingerprint density at radius 3 is 2.39 bits per heavy atom. The van der Waals surface area contributed by atoms with Crippen molar-refractivity contribution in [2.24, 2.45) is 0 Å². The van der Waals surface area contributed by atoms with Crippen molar-refractivity contribution in [2.75, 3.05) is 37.6 Å². The first-order valence-corrected chi connectivity index (χ1v) is 10.4. The van der Waals surface area contributed by atoms with Crippen LogP contribution in [0.1, 0.15) is 49.0 Å². The van der Waals surface area contributed by atoms with E-state index in [1.54, 1.807) is 0 Å². The van der Waals surface area contributed by atoms with Crippen LogP contribution in [0.5, 0.6) is 0 Å². The van der Waals surface area contributed by atoms with E-state index in [2.05, 4.69) is 47.9 Å². The fourth-order valence-electron chi connectivity index (χ4n) is 4.06. The van der Waals surface area contributed by atoms with Gasteiger partial charge in [-0.2, -0.15) is 0 Å². The maximum absolute atomic E-state index is 10.1. The van der Waals surface area contributed by atoms with Gasteiger partial charge in [0, 0.05) is 50.4 Å². The summed E-state index contributed by atoms with van der Waals surface area (Å²) in [5.74, 6) is 1.94. The van der Waals surface area contributed by atoms with Gasteiger partial charge in [-0.15, -0.1) is 0 Å². The molecule has 0 bridgehead atoms. The molecule has 1 aromatic heterocycles. The van der Waals surface area contributed by atoms with Crippen LogP contribution in [-0.4, -0.2) is 58.3 Å². The first-order valence-electron chi connectivity index (χ1n) is 10.4. The molecule has 2 aromatic rings. The average Bonchev–Trinajstić information content (AvgIpc) is 2.62. The Balaban J connectivity index is 1.85. The highest BCUT2D eigenvalue weighted by Gasteiger charge is 2.25. The van der Waals surface area contributed by atoms with Gasteiger partial charge in [0.2, 0.25) is 0 Å². The van der Waals surface area contributed by atoms with Gasteiger partial charge in [-0.1, -0.05) is 36.8 Å². The number of β-amino-alcohol motifs (C(OH)–C–C–N with tert-alkyl or cyclic N) is 1. The monoisotopic (exact) mass is 382 g/mol. The molecule has 152 valence electrons. The summed E-state index contributed by atoms with van der Waals surface area (Å²) in [6.45, 7) is 14.5. The van der Waals surface area contributed by atoms with Crippen molar-refractivity contribution >= 4 is 5.82 Å². The van der Waals surface area contributed by atoms with Crippen LogP contribution in [0, 0.1) is 13.8 Å². The first-order chi connectivity index (χ1) is 13.2. The van der Waals surface area contributed by atoms with Crippen LogP contribution < -0.4 is 4.90 Å². The smallest absolute Gasteiger partial charge is 0.136 e. The van der Waals surface area contributed by atoms with Crippen molar-refractivity contribution in [3.05, 3.63) is 52.5 Å². The van der Waals surface area contributed by atoms with Gasteiger partial charge in [0.15, 0.2) is 0 Å². The molecule has 0 aliphatic carbocycles. The van der Waals surface area contributed by atoms with Crippen LogP contribution in [0.4, 0.5) is 5.82 Å². The Kier molecular flexibility index (Phi) is 6.36. The molecule has 0 unspecified atom stereocenters. The number of benzene rings is 1. The van der Waals surface area contributed by atoms with E-state index in [0.29, 0.717) is 6.54 Å². The van der Waals surface area contributed by atoms with Crippen molar-refractivity contribution in [3.8, 4) is 0 Å². The minimum Gasteiger partial charge on any atom is -0.389 e. The molecule has 1 N–H and O–H groups in total. The molecule has 2 heterocycles. The standard InChI is InChI=1S/C23H34N4O/c1-6-21-20(15-19-9-7-8-17(2)14-19)22(25-18(3)24-21)27-12-10-26(11-13-27)16-23(4,5)28/h7-9,14,28H,6,10-13,15-16H2,1-5H3. The molecule has 1 aliphatic rings. The molecule has 0 amide bonds. The van der Waals surface area contributed by atoms with E-state index in [1.807, 2.05) is 20.8 Å². The quantitative estimate of drug-likeness (QED) is 0.832. The lowest BCUT2D eigenvalue weighted by Gasteiger charge is -2.38. The molecule has 3 rings (SSSR count). The average molecular weight is 383 g/mol. The van der Waals surface area contributed by atoms with Crippen LogP contribution in [-0.2, 0) is 12.8 Å². The highest BCUT2D eigenvalue weighted by atomic mass is 16.3. The summed E-state index contributed by atoms with van der Waals surface area (Å²) < 4.78 is 0. The van der Waals surface area contributed by atoms with Gasteiger partial charge in [-0.25, -0.2) is 9.97 Å². The van der Waals surface area contributed by atoms with E-state index >= 15 is 0 Å². The molecular weight excluding hydrogens is 348 g/mol. The zero-order chi connectivity index (χ0) is 20.3. The molecular formula is C23H34N4O. The Labute approximate surface area is 169 Å². The summed E-state index contributed by atoms with van der Waals surface area (Å²) in [5.41, 5.74) is 4.35. The SMILES string of the molecule is CCc1nc(C)nc(N2CCN(CC(C)(C)O)CC2)c1Cc1cccc(C)c1. The molecule has 5 nitrogen and oxygen atoms in total. The first kappa shape index (κ1) is 20.7. The van der Waals surface area contributed by atoms with Crippen molar-refractivity contribution in [1.29, 1.82) is 0 Å². The second-order valence-electron chi connectivity index (χ2n) is 8.61. The van der Waals surface area contributed by atoms with Crippen molar-refractivity contribution in [2.45, 2.75) is 53.1 Å². The third-order valence-electron chi connectivity index (χ3n) is 5.26. The van der Waals surface area contributed by atoms with E-state index in [-0.39, 0.29) is 0 Å². The summed E-state index contributed by atoms with van der Waals surface area (Å²) in [5, 5.41) is 10.1. The lowest BCUT2D eigenvalue weighted by atomic mass is 10.0. The molecule has 1 saturated heterocycles. The number of rotatable bonds is 6. The minimum atomic E-state index is -0.653. The number of hydrogen-bond acceptors (Lipinski definition) is 5. The maximum Gasteiger partial charge on any atom is 0.136 e. The van der Waals surface area contributed by atoms with Gasteiger partial charge in [-0.05, 0) is 39.7 Å². The number of nitrogens with zero attached hydrogens (tertiary/aromatic N) is 4. The second-order valence-corrected chi connectivity index (χ2v) is 8.61. The fraction of sp³-hybridized carbons (Fsp3) is 0.565. The third kappa shape index (κ3) is 5.30. The summed E-state index contributed by atoms with van der Waals surface area (Å²) in [6, 6.07) is 8.71. The van der Waals surface area contributed by atoms with Gasteiger partial charge in [0.05, 0.1) is 5.60 Å². The van der Waals surface area contributed by atoms with E-state index in [4.69, 9.17) is 9.97 Å². The van der Waals surface area contributed by atoms with Crippen molar-refractivity contribution in [3.63, 3.8) is 0 Å². The largest absolute Gasteiger partial charge is 0.389 e. The summed E-state index contributed by atoms with van der Waals surface area (Å²) in [6.07, 6.45) is 1.78. The molecule has 0 atom stereocenters. The molecule has 5 heteroatoms. The molecule has 1 aliphatic heterocycles. The van der Waals surface area contributed by atoms with Crippen molar-refractivity contribution < 1.29 is 5.11 Å². The Hall–Kier alpha value is -1.98. The Morgan fingerprint density at radius 1 is 1.07 bits per heavy atom. The molecule has 0 spiro atoms. The third-order valence-corrected chi connectivity index (χ3v) is 5.26. The number of aryl methyl sites for hydroxylation is 3. The lowest BCUT2D eigenvalue weighted by Crippen LogP contribution is -2.51. The van der Waals surface area contributed by atoms with Crippen LogP contribution in [0.25, 0.3) is 0 Å². The number of piperazine rings is 1. The number of hydrogen-bond donors (Lipinski definition) is 1. The van der Waals surface area contributed by atoms with Crippen LogP contribution >= 0.6 is 0 Å². The van der Waals surface area contributed by atoms with Crippen molar-refractivity contribution in [1.82, 2.24) is 14.9 Å². The number of aromatic nitrogens is 2. The lowest BCUT2D eigenvalue weighted by molar-refractivity contribution is 0.0344. The summed E-state index contributed by atoms with van der Waals surface area (Å²) in [4.78, 5) is 14.4. The van der Waals surface area contributed by atoms with Gasteiger partial charge in [0.1, 0.15) is 11.6 Å². The van der Waals surface area contributed by atoms with Crippen LogP contribution in [0.15, 0.2) is 24.3 Å². The molecule has 1 aromatic carbocycles. The van der Waals surface area contributed by atoms with E-state index in [0.717, 1.165) is 56.4 Å². The normalized spacial score (nSPS) is 15.9. The molecule has 0 saturated carbocycles.